The SMILES string of the molecule is CCCc1nc(NC)c(C)c(NC(CC)(CC)CO)n1. The maximum atomic E-state index is 9.71. The van der Waals surface area contributed by atoms with E-state index in [1.54, 1.807) is 0 Å². The Morgan fingerprint density at radius 2 is 1.70 bits per heavy atom. The Labute approximate surface area is 122 Å². The molecule has 0 unspecified atom stereocenters. The molecule has 20 heavy (non-hydrogen) atoms. The first kappa shape index (κ1) is 16.7. The van der Waals surface area contributed by atoms with Crippen LogP contribution in [0.4, 0.5) is 11.6 Å². The van der Waals surface area contributed by atoms with Crippen LogP contribution in [0.1, 0.15) is 51.4 Å². The number of anilines is 2. The second-order valence-corrected chi connectivity index (χ2v) is 5.23. The molecule has 0 atom stereocenters. The van der Waals surface area contributed by atoms with E-state index in [0.717, 1.165) is 48.7 Å². The van der Waals surface area contributed by atoms with Crippen LogP contribution in [0, 0.1) is 6.92 Å². The van der Waals surface area contributed by atoms with Gasteiger partial charge in [0.15, 0.2) is 0 Å². The summed E-state index contributed by atoms with van der Waals surface area (Å²) in [6.07, 6.45) is 3.56. The summed E-state index contributed by atoms with van der Waals surface area (Å²) in [5.74, 6) is 2.51. The molecule has 0 aliphatic carbocycles. The summed E-state index contributed by atoms with van der Waals surface area (Å²) in [7, 11) is 1.87. The Kier molecular flexibility index (Phi) is 6.20. The van der Waals surface area contributed by atoms with E-state index >= 15 is 0 Å². The van der Waals surface area contributed by atoms with Gasteiger partial charge in [-0.25, -0.2) is 9.97 Å². The molecule has 0 radical (unpaired) electrons. The molecule has 1 heterocycles. The minimum Gasteiger partial charge on any atom is -0.394 e. The summed E-state index contributed by atoms with van der Waals surface area (Å²) >= 11 is 0. The van der Waals surface area contributed by atoms with Gasteiger partial charge in [0.05, 0.1) is 12.1 Å². The van der Waals surface area contributed by atoms with E-state index in [4.69, 9.17) is 0 Å². The van der Waals surface area contributed by atoms with Gasteiger partial charge in [0, 0.05) is 19.0 Å². The van der Waals surface area contributed by atoms with Crippen molar-refractivity contribution >= 4 is 11.6 Å². The first-order chi connectivity index (χ1) is 9.55. The number of rotatable bonds is 8. The molecule has 114 valence electrons. The van der Waals surface area contributed by atoms with Gasteiger partial charge in [0.25, 0.3) is 0 Å². The summed E-state index contributed by atoms with van der Waals surface area (Å²) in [4.78, 5) is 9.15. The number of aryl methyl sites for hydroxylation is 1. The second-order valence-electron chi connectivity index (χ2n) is 5.23. The fourth-order valence-electron chi connectivity index (χ4n) is 2.20. The van der Waals surface area contributed by atoms with Crippen LogP contribution in [-0.4, -0.2) is 34.3 Å². The summed E-state index contributed by atoms with van der Waals surface area (Å²) in [5.41, 5.74) is 0.681. The van der Waals surface area contributed by atoms with Gasteiger partial charge in [-0.2, -0.15) is 0 Å². The molecule has 3 N–H and O–H groups in total. The number of hydrogen-bond donors (Lipinski definition) is 3. The molecule has 1 rings (SSSR count). The van der Waals surface area contributed by atoms with Crippen molar-refractivity contribution in [2.24, 2.45) is 0 Å². The van der Waals surface area contributed by atoms with Gasteiger partial charge >= 0.3 is 0 Å². The number of aliphatic hydroxyl groups excluding tert-OH is 1. The zero-order valence-electron chi connectivity index (χ0n) is 13.4. The van der Waals surface area contributed by atoms with Crippen LogP contribution in [0.3, 0.4) is 0 Å². The summed E-state index contributed by atoms with van der Waals surface area (Å²) in [6, 6.07) is 0. The molecule has 0 aliphatic heterocycles. The summed E-state index contributed by atoms with van der Waals surface area (Å²) in [5, 5.41) is 16.3. The van der Waals surface area contributed by atoms with Crippen molar-refractivity contribution in [3.05, 3.63) is 11.4 Å². The van der Waals surface area contributed by atoms with Gasteiger partial charge in [-0.05, 0) is 26.2 Å². The highest BCUT2D eigenvalue weighted by Crippen LogP contribution is 2.26. The predicted molar refractivity (Wildman–Crippen MR) is 84.3 cm³/mol. The van der Waals surface area contributed by atoms with Crippen LogP contribution in [0.5, 0.6) is 0 Å². The molecule has 0 saturated carbocycles. The van der Waals surface area contributed by atoms with Crippen molar-refractivity contribution < 1.29 is 5.11 Å². The number of hydrogen-bond acceptors (Lipinski definition) is 5. The standard InChI is InChI=1S/C15H28N4O/c1-6-9-12-17-13(16-5)11(4)14(18-12)19-15(7-2,8-3)10-20/h20H,6-10H2,1-5H3,(H2,16,17,18,19). The van der Waals surface area contributed by atoms with Crippen LogP contribution in [0.2, 0.25) is 0 Å². The highest BCUT2D eigenvalue weighted by Gasteiger charge is 2.26. The van der Waals surface area contributed by atoms with Gasteiger partial charge in [-0.3, -0.25) is 0 Å². The van der Waals surface area contributed by atoms with Crippen LogP contribution in [0.25, 0.3) is 0 Å². The zero-order valence-corrected chi connectivity index (χ0v) is 13.4. The largest absolute Gasteiger partial charge is 0.394 e. The number of aromatic nitrogens is 2. The normalized spacial score (nSPS) is 11.5. The van der Waals surface area contributed by atoms with E-state index in [-0.39, 0.29) is 12.1 Å². The number of nitrogens with zero attached hydrogens (tertiary/aromatic N) is 2. The van der Waals surface area contributed by atoms with Gasteiger partial charge in [-0.1, -0.05) is 20.8 Å². The second kappa shape index (κ2) is 7.43. The minimum atomic E-state index is -0.312. The highest BCUT2D eigenvalue weighted by molar-refractivity contribution is 5.58. The maximum absolute atomic E-state index is 9.71. The average molecular weight is 280 g/mol. The van der Waals surface area contributed by atoms with E-state index in [1.165, 1.54) is 0 Å². The first-order valence-electron chi connectivity index (χ1n) is 7.50. The predicted octanol–water partition coefficient (Wildman–Crippen LogP) is 2.74. The van der Waals surface area contributed by atoms with Crippen molar-refractivity contribution in [1.29, 1.82) is 0 Å². The molecule has 0 amide bonds. The smallest absolute Gasteiger partial charge is 0.135 e. The van der Waals surface area contributed by atoms with Gasteiger partial charge in [-0.15, -0.1) is 0 Å². The Bertz CT molecular complexity index is 422. The molecule has 0 saturated heterocycles. The third kappa shape index (κ3) is 3.60. The highest BCUT2D eigenvalue weighted by atomic mass is 16.3. The molecule has 5 nitrogen and oxygen atoms in total. The Hall–Kier alpha value is -1.36. The third-order valence-corrected chi connectivity index (χ3v) is 3.94. The molecule has 1 aromatic heterocycles. The van der Waals surface area contributed by atoms with E-state index < -0.39 is 0 Å². The molecule has 0 fully saturated rings. The van der Waals surface area contributed by atoms with E-state index in [9.17, 15) is 5.11 Å². The van der Waals surface area contributed by atoms with Crippen LogP contribution in [0.15, 0.2) is 0 Å². The lowest BCUT2D eigenvalue weighted by Gasteiger charge is -2.32. The van der Waals surface area contributed by atoms with Gasteiger partial charge in [0.2, 0.25) is 0 Å². The summed E-state index contributed by atoms with van der Waals surface area (Å²) < 4.78 is 0. The third-order valence-electron chi connectivity index (χ3n) is 3.94. The minimum absolute atomic E-state index is 0.0987. The fourth-order valence-corrected chi connectivity index (χ4v) is 2.20. The lowest BCUT2D eigenvalue weighted by Crippen LogP contribution is -2.41. The van der Waals surface area contributed by atoms with Crippen molar-refractivity contribution in [1.82, 2.24) is 9.97 Å². The zero-order chi connectivity index (χ0) is 15.2. The van der Waals surface area contributed by atoms with Crippen molar-refractivity contribution in [3.8, 4) is 0 Å². The average Bonchev–Trinajstić information content (AvgIpc) is 2.48. The van der Waals surface area contributed by atoms with E-state index in [1.807, 2.05) is 14.0 Å². The van der Waals surface area contributed by atoms with Crippen molar-refractivity contribution in [2.45, 2.75) is 58.9 Å². The molecular weight excluding hydrogens is 252 g/mol. The van der Waals surface area contributed by atoms with E-state index in [2.05, 4.69) is 41.4 Å². The monoisotopic (exact) mass is 280 g/mol. The van der Waals surface area contributed by atoms with Crippen molar-refractivity contribution in [2.75, 3.05) is 24.3 Å². The molecule has 0 aliphatic rings. The molecule has 0 spiro atoms. The topological polar surface area (TPSA) is 70.1 Å². The molecule has 0 aromatic carbocycles. The van der Waals surface area contributed by atoms with E-state index in [0.29, 0.717) is 0 Å². The lowest BCUT2D eigenvalue weighted by atomic mass is 9.93. The molecule has 5 heteroatoms. The summed E-state index contributed by atoms with van der Waals surface area (Å²) in [6.45, 7) is 8.37. The van der Waals surface area contributed by atoms with Crippen LogP contribution >= 0.6 is 0 Å². The van der Waals surface area contributed by atoms with Gasteiger partial charge in [0.1, 0.15) is 17.5 Å². The first-order valence-corrected chi connectivity index (χ1v) is 7.50. The van der Waals surface area contributed by atoms with Crippen molar-refractivity contribution in [3.63, 3.8) is 0 Å². The number of aliphatic hydroxyl groups is 1. The van der Waals surface area contributed by atoms with Crippen LogP contribution < -0.4 is 10.6 Å². The van der Waals surface area contributed by atoms with Gasteiger partial charge < -0.3 is 15.7 Å². The maximum Gasteiger partial charge on any atom is 0.135 e. The quantitative estimate of drug-likeness (QED) is 0.683. The number of nitrogens with one attached hydrogen (secondary N) is 2. The molecule has 1 aromatic rings. The Morgan fingerprint density at radius 3 is 2.15 bits per heavy atom. The van der Waals surface area contributed by atoms with Crippen LogP contribution in [-0.2, 0) is 6.42 Å². The Morgan fingerprint density at radius 1 is 1.10 bits per heavy atom. The molecular formula is C15H28N4O. The molecule has 0 bridgehead atoms. The Balaban J connectivity index is 3.18. The fraction of sp³-hybridized carbons (Fsp3) is 0.733. The lowest BCUT2D eigenvalue weighted by molar-refractivity contribution is 0.202.